The minimum atomic E-state index is -2.98. The maximum Gasteiger partial charge on any atom is 0.222 e. The first-order chi connectivity index (χ1) is 12.3. The van der Waals surface area contributed by atoms with Crippen molar-refractivity contribution >= 4 is 37.6 Å². The molecule has 1 atom stereocenters. The van der Waals surface area contributed by atoms with Gasteiger partial charge >= 0.3 is 0 Å². The summed E-state index contributed by atoms with van der Waals surface area (Å²) in [7, 11) is 0.648. The lowest BCUT2D eigenvalue weighted by atomic mass is 10.2. The molecule has 2 rings (SSSR count). The summed E-state index contributed by atoms with van der Waals surface area (Å²) >= 11 is 3.42. The molecule has 0 aromatic heterocycles. The van der Waals surface area contributed by atoms with Gasteiger partial charge in [0.1, 0.15) is 0 Å². The number of benzene rings is 1. The molecular formula is C17H25BrN4O3S. The van der Waals surface area contributed by atoms with Crippen LogP contribution in [0.15, 0.2) is 33.7 Å². The monoisotopic (exact) mass is 444 g/mol. The standard InChI is InChI=1S/C17H25BrN4O3S/c1-19-17(22(2)11-13-3-5-14(18)6-4-13)20-9-7-16(23)21-15-8-10-26(24,25)12-15/h3-6,15H,7-12H2,1-2H3,(H,19,20)(H,21,23). The SMILES string of the molecule is CN=C(NCCC(=O)NC1CCS(=O)(=O)C1)N(C)Cc1ccc(Br)cc1. The summed E-state index contributed by atoms with van der Waals surface area (Å²) in [4.78, 5) is 18.2. The molecular weight excluding hydrogens is 420 g/mol. The van der Waals surface area contributed by atoms with Crippen molar-refractivity contribution in [2.45, 2.75) is 25.4 Å². The van der Waals surface area contributed by atoms with E-state index in [-0.39, 0.29) is 29.9 Å². The number of carbonyl (C=O) groups is 1. The minimum Gasteiger partial charge on any atom is -0.356 e. The minimum absolute atomic E-state index is 0.0454. The molecule has 0 saturated carbocycles. The van der Waals surface area contributed by atoms with E-state index >= 15 is 0 Å². The second kappa shape index (κ2) is 9.36. The van der Waals surface area contributed by atoms with Crippen LogP contribution in [-0.2, 0) is 21.2 Å². The third-order valence-electron chi connectivity index (χ3n) is 4.14. The van der Waals surface area contributed by atoms with Gasteiger partial charge in [-0.3, -0.25) is 9.79 Å². The average Bonchev–Trinajstić information content (AvgIpc) is 2.92. The third kappa shape index (κ3) is 6.60. The predicted octanol–water partition coefficient (Wildman–Crippen LogP) is 1.15. The number of amides is 1. The number of aliphatic imine (C=N–C) groups is 1. The lowest BCUT2D eigenvalue weighted by Crippen LogP contribution is -2.41. The molecule has 1 aromatic carbocycles. The van der Waals surface area contributed by atoms with Gasteiger partial charge in [0.15, 0.2) is 15.8 Å². The Labute approximate surface area is 163 Å². The number of guanidine groups is 1. The van der Waals surface area contributed by atoms with E-state index in [1.165, 1.54) is 0 Å². The highest BCUT2D eigenvalue weighted by Crippen LogP contribution is 2.12. The van der Waals surface area contributed by atoms with Crippen LogP contribution in [0.1, 0.15) is 18.4 Å². The lowest BCUT2D eigenvalue weighted by molar-refractivity contribution is -0.121. The van der Waals surface area contributed by atoms with Crippen LogP contribution < -0.4 is 10.6 Å². The van der Waals surface area contributed by atoms with Gasteiger partial charge in [0.25, 0.3) is 0 Å². The summed E-state index contributed by atoms with van der Waals surface area (Å²) in [6.45, 7) is 1.13. The highest BCUT2D eigenvalue weighted by Gasteiger charge is 2.28. The number of hydrogen-bond donors (Lipinski definition) is 2. The predicted molar refractivity (Wildman–Crippen MR) is 107 cm³/mol. The van der Waals surface area contributed by atoms with Crippen LogP contribution in [0.3, 0.4) is 0 Å². The molecule has 1 fully saturated rings. The van der Waals surface area contributed by atoms with E-state index in [2.05, 4.69) is 31.6 Å². The summed E-state index contributed by atoms with van der Waals surface area (Å²) in [5.74, 6) is 0.753. The van der Waals surface area contributed by atoms with Crippen LogP contribution in [0, 0.1) is 0 Å². The summed E-state index contributed by atoms with van der Waals surface area (Å²) in [5, 5.41) is 5.95. The zero-order chi connectivity index (χ0) is 19.2. The molecule has 144 valence electrons. The molecule has 1 aliphatic heterocycles. The molecule has 1 heterocycles. The number of carbonyl (C=O) groups excluding carboxylic acids is 1. The molecule has 0 aliphatic carbocycles. The van der Waals surface area contributed by atoms with E-state index in [1.807, 2.05) is 36.2 Å². The molecule has 0 spiro atoms. The fourth-order valence-corrected chi connectivity index (χ4v) is 4.76. The maximum absolute atomic E-state index is 12.0. The molecule has 7 nitrogen and oxygen atoms in total. The maximum atomic E-state index is 12.0. The first-order valence-corrected chi connectivity index (χ1v) is 11.1. The topological polar surface area (TPSA) is 90.9 Å². The van der Waals surface area contributed by atoms with E-state index in [1.54, 1.807) is 7.05 Å². The molecule has 26 heavy (non-hydrogen) atoms. The molecule has 1 saturated heterocycles. The first kappa shape index (κ1) is 20.7. The van der Waals surface area contributed by atoms with Crippen LogP contribution >= 0.6 is 15.9 Å². The van der Waals surface area contributed by atoms with Crippen molar-refractivity contribution < 1.29 is 13.2 Å². The number of sulfone groups is 1. The van der Waals surface area contributed by atoms with Crippen molar-refractivity contribution in [3.05, 3.63) is 34.3 Å². The van der Waals surface area contributed by atoms with Crippen LogP contribution in [0.25, 0.3) is 0 Å². The van der Waals surface area contributed by atoms with E-state index in [0.717, 1.165) is 10.0 Å². The van der Waals surface area contributed by atoms with Crippen LogP contribution in [0.2, 0.25) is 0 Å². The molecule has 1 aromatic rings. The average molecular weight is 445 g/mol. The second-order valence-corrected chi connectivity index (χ2v) is 9.52. The van der Waals surface area contributed by atoms with Gasteiger partial charge in [0.2, 0.25) is 5.91 Å². The fraction of sp³-hybridized carbons (Fsp3) is 0.529. The van der Waals surface area contributed by atoms with Crippen molar-refractivity contribution in [1.29, 1.82) is 0 Å². The highest BCUT2D eigenvalue weighted by molar-refractivity contribution is 9.10. The van der Waals surface area contributed by atoms with Gasteiger partial charge in [0.05, 0.1) is 11.5 Å². The summed E-state index contributed by atoms with van der Waals surface area (Å²) in [5.41, 5.74) is 1.15. The van der Waals surface area contributed by atoms with Crippen molar-refractivity contribution in [2.75, 3.05) is 32.1 Å². The zero-order valence-electron chi connectivity index (χ0n) is 15.0. The Morgan fingerprint density at radius 1 is 1.35 bits per heavy atom. The second-order valence-electron chi connectivity index (χ2n) is 6.37. The van der Waals surface area contributed by atoms with Gasteiger partial charge in [-0.15, -0.1) is 0 Å². The van der Waals surface area contributed by atoms with Gasteiger partial charge in [0, 0.05) is 44.1 Å². The Kier molecular flexibility index (Phi) is 7.45. The van der Waals surface area contributed by atoms with Gasteiger partial charge < -0.3 is 15.5 Å². The lowest BCUT2D eigenvalue weighted by Gasteiger charge is -2.22. The Hall–Kier alpha value is -1.61. The van der Waals surface area contributed by atoms with Crippen LogP contribution in [-0.4, -0.2) is 63.4 Å². The van der Waals surface area contributed by atoms with E-state index in [4.69, 9.17) is 0 Å². The van der Waals surface area contributed by atoms with Gasteiger partial charge in [-0.1, -0.05) is 28.1 Å². The Morgan fingerprint density at radius 2 is 2.04 bits per heavy atom. The summed E-state index contributed by atoms with van der Waals surface area (Å²) in [6.07, 6.45) is 0.765. The molecule has 0 radical (unpaired) electrons. The van der Waals surface area contributed by atoms with E-state index in [9.17, 15) is 13.2 Å². The Morgan fingerprint density at radius 3 is 2.62 bits per heavy atom. The van der Waals surface area contributed by atoms with E-state index in [0.29, 0.717) is 25.5 Å². The number of nitrogens with zero attached hydrogens (tertiary/aromatic N) is 2. The Bertz CT molecular complexity index is 750. The zero-order valence-corrected chi connectivity index (χ0v) is 17.4. The fourth-order valence-electron chi connectivity index (χ4n) is 2.82. The van der Waals surface area contributed by atoms with Crippen molar-refractivity contribution in [3.63, 3.8) is 0 Å². The number of rotatable bonds is 6. The smallest absolute Gasteiger partial charge is 0.222 e. The van der Waals surface area contributed by atoms with Gasteiger partial charge in [-0.2, -0.15) is 0 Å². The normalized spacial score (nSPS) is 19.2. The van der Waals surface area contributed by atoms with Crippen LogP contribution in [0.5, 0.6) is 0 Å². The molecule has 9 heteroatoms. The van der Waals surface area contributed by atoms with Crippen molar-refractivity contribution in [1.82, 2.24) is 15.5 Å². The molecule has 1 aliphatic rings. The number of hydrogen-bond acceptors (Lipinski definition) is 4. The first-order valence-electron chi connectivity index (χ1n) is 8.45. The highest BCUT2D eigenvalue weighted by atomic mass is 79.9. The largest absolute Gasteiger partial charge is 0.356 e. The van der Waals surface area contributed by atoms with Crippen LogP contribution in [0.4, 0.5) is 0 Å². The third-order valence-corrected chi connectivity index (χ3v) is 6.44. The molecule has 1 amide bonds. The molecule has 1 unspecified atom stereocenters. The van der Waals surface area contributed by atoms with Gasteiger partial charge in [-0.25, -0.2) is 8.42 Å². The molecule has 2 N–H and O–H groups in total. The Balaban J connectivity index is 1.74. The summed E-state index contributed by atoms with van der Waals surface area (Å²) < 4.78 is 23.9. The summed E-state index contributed by atoms with van der Waals surface area (Å²) in [6, 6.07) is 7.81. The number of nitrogens with one attached hydrogen (secondary N) is 2. The van der Waals surface area contributed by atoms with Crippen molar-refractivity contribution in [3.8, 4) is 0 Å². The van der Waals surface area contributed by atoms with Gasteiger partial charge in [-0.05, 0) is 24.1 Å². The van der Waals surface area contributed by atoms with Crippen molar-refractivity contribution in [2.24, 2.45) is 4.99 Å². The van der Waals surface area contributed by atoms with E-state index < -0.39 is 9.84 Å². The number of halogens is 1. The quantitative estimate of drug-likeness (QED) is 0.507. The molecule has 0 bridgehead atoms.